The normalized spacial score (nSPS) is 10.8. The predicted molar refractivity (Wildman–Crippen MR) is 143 cm³/mol. The number of hydrogen-bond acceptors (Lipinski definition) is 6. The zero-order chi connectivity index (χ0) is 25.5. The van der Waals surface area contributed by atoms with Crippen molar-refractivity contribution in [3.8, 4) is 11.5 Å². The van der Waals surface area contributed by atoms with E-state index in [9.17, 15) is 9.59 Å². The predicted octanol–water partition coefficient (Wildman–Crippen LogP) is 4.93. The Labute approximate surface area is 222 Å². The first-order chi connectivity index (χ1) is 18.1. The first-order valence-corrected chi connectivity index (χ1v) is 15.0. The molecule has 37 heavy (non-hydrogen) atoms. The summed E-state index contributed by atoms with van der Waals surface area (Å²) in [5.41, 5.74) is 0. The van der Waals surface area contributed by atoms with Gasteiger partial charge < -0.3 is 0 Å². The molecule has 0 saturated heterocycles. The summed E-state index contributed by atoms with van der Waals surface area (Å²) in [4.78, 5) is 25.3. The number of rotatable bonds is 9. The van der Waals surface area contributed by atoms with Crippen molar-refractivity contribution in [1.82, 2.24) is 0 Å². The van der Waals surface area contributed by atoms with E-state index in [2.05, 4.69) is 0 Å². The molecule has 0 aliphatic carbocycles. The van der Waals surface area contributed by atoms with E-state index in [0.29, 0.717) is 15.0 Å². The van der Waals surface area contributed by atoms with Crippen molar-refractivity contribution in [3.05, 3.63) is 115 Å². The molecule has 5 aromatic rings. The fourth-order valence-electron chi connectivity index (χ4n) is 3.71. The van der Waals surface area contributed by atoms with E-state index < -0.39 is 33.0 Å². The average Bonchev–Trinajstić information content (AvgIpc) is 2.95. The van der Waals surface area contributed by atoms with Gasteiger partial charge in [-0.15, -0.1) is 0 Å². The van der Waals surface area contributed by atoms with E-state index in [0.717, 1.165) is 21.5 Å². The zero-order valence-electron chi connectivity index (χ0n) is 19.8. The van der Waals surface area contributed by atoms with Gasteiger partial charge in [0.15, 0.2) is 0 Å². The van der Waals surface area contributed by atoms with Crippen LogP contribution < -0.4 is 13.0 Å². The van der Waals surface area contributed by atoms with Gasteiger partial charge in [0.25, 0.3) is 0 Å². The number of hydrogen-bond donors (Lipinski definition) is 0. The molecular weight excluding hydrogens is 578 g/mol. The molecule has 0 aliphatic rings. The van der Waals surface area contributed by atoms with Gasteiger partial charge in [0, 0.05) is 0 Å². The average molecular weight is 601 g/mol. The fourth-order valence-corrected chi connectivity index (χ4v) is 6.96. The van der Waals surface area contributed by atoms with Gasteiger partial charge in [0.05, 0.1) is 0 Å². The molecule has 0 saturated carbocycles. The topological polar surface area (TPSA) is 71.1 Å². The third kappa shape index (κ3) is 6.60. The van der Waals surface area contributed by atoms with Gasteiger partial charge in [-0.05, 0) is 0 Å². The van der Waals surface area contributed by atoms with E-state index in [1.165, 1.54) is 0 Å². The molecule has 6 nitrogen and oxygen atoms in total. The van der Waals surface area contributed by atoms with E-state index in [-0.39, 0.29) is 13.2 Å². The molecule has 5 aromatic carbocycles. The molecule has 0 fully saturated rings. The van der Waals surface area contributed by atoms with Crippen molar-refractivity contribution in [3.63, 3.8) is 0 Å². The van der Waals surface area contributed by atoms with Crippen LogP contribution >= 0.6 is 0 Å². The molecule has 0 radical (unpaired) electrons. The van der Waals surface area contributed by atoms with Crippen LogP contribution in [-0.2, 0) is 15.6 Å². The van der Waals surface area contributed by atoms with Gasteiger partial charge in [-0.25, -0.2) is 0 Å². The minimum absolute atomic E-state index is 0.295. The SMILES string of the molecule is O=C(COc1ccc2ccccc2c1)[O][Sb]([O]C(=O)COc1ccc2ccccc2c1)[c]1ccccc1. The van der Waals surface area contributed by atoms with Crippen molar-refractivity contribution in [2.75, 3.05) is 13.2 Å². The van der Waals surface area contributed by atoms with Crippen LogP contribution in [0.15, 0.2) is 115 Å². The molecule has 5 rings (SSSR count). The molecule has 0 bridgehead atoms. The summed E-state index contributed by atoms with van der Waals surface area (Å²) in [5, 5.41) is 4.17. The number of carbonyl (C=O) groups is 2. The third-order valence-electron chi connectivity index (χ3n) is 5.49. The van der Waals surface area contributed by atoms with Crippen LogP contribution in [0.5, 0.6) is 11.5 Å². The molecule has 0 N–H and O–H groups in total. The Hall–Kier alpha value is -4.02. The summed E-state index contributed by atoms with van der Waals surface area (Å²) in [7, 11) is 0. The van der Waals surface area contributed by atoms with Crippen molar-refractivity contribution >= 4 is 58.0 Å². The van der Waals surface area contributed by atoms with Crippen molar-refractivity contribution in [2.45, 2.75) is 0 Å². The van der Waals surface area contributed by atoms with Gasteiger partial charge in [-0.3, -0.25) is 0 Å². The summed E-state index contributed by atoms with van der Waals surface area (Å²) in [6.07, 6.45) is 0. The summed E-state index contributed by atoms with van der Waals surface area (Å²) in [6, 6.07) is 36.0. The summed E-state index contributed by atoms with van der Waals surface area (Å²) in [5.74, 6) is -0.0779. The van der Waals surface area contributed by atoms with E-state index in [4.69, 9.17) is 15.5 Å². The van der Waals surface area contributed by atoms with Crippen molar-refractivity contribution in [1.29, 1.82) is 0 Å². The second-order valence-corrected chi connectivity index (χ2v) is 12.1. The molecule has 184 valence electrons. The number of fused-ring (bicyclic) bond motifs is 2. The Bertz CT molecular complexity index is 1440. The molecule has 0 heterocycles. The number of carbonyl (C=O) groups excluding carboxylic acids is 2. The van der Waals surface area contributed by atoms with Gasteiger partial charge >= 0.3 is 223 Å². The van der Waals surface area contributed by atoms with Crippen molar-refractivity contribution in [2.24, 2.45) is 0 Å². The quantitative estimate of drug-likeness (QED) is 0.223. The van der Waals surface area contributed by atoms with Gasteiger partial charge in [-0.2, -0.15) is 0 Å². The first kappa shape index (κ1) is 24.7. The summed E-state index contributed by atoms with van der Waals surface area (Å²) >= 11 is -3.43. The maximum absolute atomic E-state index is 12.6. The molecular formula is C30H23O6Sb. The van der Waals surface area contributed by atoms with Crippen LogP contribution in [0.1, 0.15) is 0 Å². The fraction of sp³-hybridized carbons (Fsp3) is 0.0667. The van der Waals surface area contributed by atoms with Crippen LogP contribution in [0.2, 0.25) is 0 Å². The van der Waals surface area contributed by atoms with Gasteiger partial charge in [0.2, 0.25) is 0 Å². The Balaban J connectivity index is 1.20. The maximum atomic E-state index is 12.6. The zero-order valence-corrected chi connectivity index (χ0v) is 22.3. The second kappa shape index (κ2) is 11.8. The van der Waals surface area contributed by atoms with Crippen molar-refractivity contribution < 1.29 is 25.1 Å². The minimum atomic E-state index is -3.43. The van der Waals surface area contributed by atoms with E-state index in [1.54, 1.807) is 24.3 Å². The Morgan fingerprint density at radius 2 is 0.946 bits per heavy atom. The molecule has 0 amide bonds. The van der Waals surface area contributed by atoms with Crippen LogP contribution in [-0.4, -0.2) is 46.2 Å². The van der Waals surface area contributed by atoms with Crippen LogP contribution in [0.3, 0.4) is 0 Å². The monoisotopic (exact) mass is 600 g/mol. The Kier molecular flexibility index (Phi) is 7.87. The molecule has 0 unspecified atom stereocenters. The summed E-state index contributed by atoms with van der Waals surface area (Å²) in [6.45, 7) is -0.589. The molecule has 0 aliphatic heterocycles. The van der Waals surface area contributed by atoms with E-state index in [1.807, 2.05) is 91.0 Å². The van der Waals surface area contributed by atoms with Crippen LogP contribution in [0.25, 0.3) is 21.5 Å². The van der Waals surface area contributed by atoms with Crippen LogP contribution in [0.4, 0.5) is 0 Å². The molecule has 0 spiro atoms. The Morgan fingerprint density at radius 3 is 1.43 bits per heavy atom. The molecule has 0 aromatic heterocycles. The Morgan fingerprint density at radius 1 is 0.514 bits per heavy atom. The molecule has 0 atom stereocenters. The number of ether oxygens (including phenoxy) is 2. The van der Waals surface area contributed by atoms with Gasteiger partial charge in [-0.1, -0.05) is 0 Å². The standard InChI is InChI=1S/2C12H10O3.C6H5.Sb/c2*13-12(14)8-15-11-6-5-9-3-1-2-4-10(9)7-11;1-2-4-6-5-3-1;/h2*1-7H,8H2,(H,13,14);1-5H;/q;;;+2/p-2. The summed E-state index contributed by atoms with van der Waals surface area (Å²) < 4.78 is 23.3. The van der Waals surface area contributed by atoms with Crippen LogP contribution in [0, 0.1) is 0 Å². The van der Waals surface area contributed by atoms with Gasteiger partial charge in [0.1, 0.15) is 0 Å². The molecule has 7 heteroatoms. The number of benzene rings is 5. The first-order valence-electron chi connectivity index (χ1n) is 11.6. The third-order valence-corrected chi connectivity index (χ3v) is 9.65. The second-order valence-electron chi connectivity index (χ2n) is 8.11. The van der Waals surface area contributed by atoms with E-state index >= 15 is 0 Å².